The number of benzene rings is 2. The average Bonchev–Trinajstić information content (AvgIpc) is 2.41. The van der Waals surface area contributed by atoms with Gasteiger partial charge in [0.1, 0.15) is 5.82 Å². The summed E-state index contributed by atoms with van der Waals surface area (Å²) < 4.78 is 50.3. The topological polar surface area (TPSA) is 41.1 Å². The van der Waals surface area contributed by atoms with Crippen molar-refractivity contribution in [3.8, 4) is 0 Å². The number of carbonyl (C=O) groups is 1. The van der Waals surface area contributed by atoms with Gasteiger partial charge in [0.05, 0.1) is 5.56 Å². The van der Waals surface area contributed by atoms with Gasteiger partial charge in [-0.1, -0.05) is 6.07 Å². The Morgan fingerprint density at radius 1 is 0.905 bits per heavy atom. The van der Waals surface area contributed by atoms with Crippen LogP contribution in [0, 0.1) is 5.82 Å². The van der Waals surface area contributed by atoms with E-state index in [9.17, 15) is 22.4 Å². The minimum absolute atomic E-state index is 0.00411. The zero-order valence-corrected chi connectivity index (χ0v) is 10.5. The average molecular weight is 298 g/mol. The van der Waals surface area contributed by atoms with E-state index >= 15 is 0 Å². The quantitative estimate of drug-likeness (QED) is 0.788. The highest BCUT2D eigenvalue weighted by molar-refractivity contribution is 5.99. The van der Waals surface area contributed by atoms with E-state index in [1.165, 1.54) is 24.3 Å². The number of alkyl halides is 3. The van der Waals surface area contributed by atoms with Gasteiger partial charge in [0.15, 0.2) is 0 Å². The summed E-state index contributed by atoms with van der Waals surface area (Å²) in [4.78, 5) is 11.6. The molecule has 0 aliphatic heterocycles. The second-order valence-corrected chi connectivity index (χ2v) is 4.16. The van der Waals surface area contributed by atoms with Crippen molar-refractivity contribution in [3.63, 3.8) is 0 Å². The largest absolute Gasteiger partial charge is 0.416 e. The molecule has 0 spiro atoms. The summed E-state index contributed by atoms with van der Waals surface area (Å²) in [5.41, 5.74) is -0.535. The maximum absolute atomic E-state index is 12.7. The zero-order chi connectivity index (χ0) is 15.5. The number of hydrogen-bond acceptors (Lipinski definition) is 1. The Morgan fingerprint density at radius 3 is 2.14 bits per heavy atom. The smallest absolute Gasteiger partial charge is 0.308 e. The fourth-order valence-corrected chi connectivity index (χ4v) is 1.60. The monoisotopic (exact) mass is 298 g/mol. The van der Waals surface area contributed by atoms with E-state index in [4.69, 9.17) is 0 Å². The van der Waals surface area contributed by atoms with Crippen molar-refractivity contribution < 1.29 is 22.4 Å². The van der Waals surface area contributed by atoms with E-state index in [0.29, 0.717) is 5.69 Å². The maximum atomic E-state index is 12.7. The SMILES string of the molecule is O=C(Nc1ccc(F)cc1)Nc1cccc(C(F)(F)F)c1. The number of carbonyl (C=O) groups excluding carboxylic acids is 1. The van der Waals surface area contributed by atoms with Crippen molar-refractivity contribution >= 4 is 17.4 Å². The predicted octanol–water partition coefficient (Wildman–Crippen LogP) is 4.49. The minimum Gasteiger partial charge on any atom is -0.308 e. The second kappa shape index (κ2) is 5.82. The minimum atomic E-state index is -4.48. The highest BCUT2D eigenvalue weighted by atomic mass is 19.4. The number of rotatable bonds is 2. The molecule has 0 aliphatic carbocycles. The van der Waals surface area contributed by atoms with E-state index in [1.807, 2.05) is 0 Å². The first-order valence-corrected chi connectivity index (χ1v) is 5.85. The van der Waals surface area contributed by atoms with Crippen molar-refractivity contribution in [1.82, 2.24) is 0 Å². The lowest BCUT2D eigenvalue weighted by Gasteiger charge is -2.10. The van der Waals surface area contributed by atoms with E-state index in [-0.39, 0.29) is 5.69 Å². The molecule has 7 heteroatoms. The van der Waals surface area contributed by atoms with Crippen molar-refractivity contribution in [2.75, 3.05) is 10.6 Å². The standard InChI is InChI=1S/C14H10F4N2O/c15-10-4-6-11(7-5-10)19-13(21)20-12-3-1-2-9(8-12)14(16,17)18/h1-8H,(H2,19,20,21). The molecule has 0 saturated heterocycles. The van der Waals surface area contributed by atoms with Gasteiger partial charge in [0.2, 0.25) is 0 Å². The van der Waals surface area contributed by atoms with Crippen LogP contribution in [0.15, 0.2) is 48.5 Å². The summed E-state index contributed by atoms with van der Waals surface area (Å²) in [6, 6.07) is 8.51. The Hall–Kier alpha value is -2.57. The Kier molecular flexibility index (Phi) is 4.11. The maximum Gasteiger partial charge on any atom is 0.416 e. The molecule has 0 radical (unpaired) electrons. The lowest BCUT2D eigenvalue weighted by atomic mass is 10.2. The summed E-state index contributed by atoms with van der Waals surface area (Å²) in [7, 11) is 0. The van der Waals surface area contributed by atoms with Gasteiger partial charge in [-0.2, -0.15) is 13.2 Å². The third kappa shape index (κ3) is 4.20. The molecule has 0 aromatic heterocycles. The second-order valence-electron chi connectivity index (χ2n) is 4.16. The van der Waals surface area contributed by atoms with E-state index < -0.39 is 23.6 Å². The Morgan fingerprint density at radius 2 is 1.52 bits per heavy atom. The van der Waals surface area contributed by atoms with E-state index in [1.54, 1.807) is 0 Å². The van der Waals surface area contributed by atoms with Crippen molar-refractivity contribution in [2.45, 2.75) is 6.18 Å². The molecule has 0 aliphatic rings. The predicted molar refractivity (Wildman–Crippen MR) is 70.5 cm³/mol. The highest BCUT2D eigenvalue weighted by Crippen LogP contribution is 2.30. The Labute approximate surface area is 117 Å². The molecule has 0 unspecified atom stereocenters. The molecule has 110 valence electrons. The van der Waals surface area contributed by atoms with Crippen LogP contribution in [-0.2, 0) is 6.18 Å². The lowest BCUT2D eigenvalue weighted by molar-refractivity contribution is -0.137. The number of urea groups is 1. The molecular weight excluding hydrogens is 288 g/mol. The summed E-state index contributed by atoms with van der Waals surface area (Å²) in [5.74, 6) is -0.459. The van der Waals surface area contributed by atoms with Crippen LogP contribution in [0.1, 0.15) is 5.56 Å². The van der Waals surface area contributed by atoms with Crippen LogP contribution in [0.5, 0.6) is 0 Å². The number of nitrogens with one attached hydrogen (secondary N) is 2. The summed E-state index contributed by atoms with van der Waals surface area (Å²) in [6.07, 6.45) is -4.48. The molecule has 0 fully saturated rings. The Balaban J connectivity index is 2.04. The van der Waals surface area contributed by atoms with Crippen LogP contribution in [0.2, 0.25) is 0 Å². The lowest BCUT2D eigenvalue weighted by Crippen LogP contribution is -2.19. The van der Waals surface area contributed by atoms with Crippen LogP contribution in [0.4, 0.5) is 33.7 Å². The molecule has 2 aromatic carbocycles. The van der Waals surface area contributed by atoms with Gasteiger partial charge in [-0.05, 0) is 42.5 Å². The van der Waals surface area contributed by atoms with E-state index in [0.717, 1.165) is 24.3 Å². The van der Waals surface area contributed by atoms with Gasteiger partial charge in [0, 0.05) is 11.4 Å². The molecule has 3 nitrogen and oxygen atoms in total. The molecule has 21 heavy (non-hydrogen) atoms. The molecule has 0 saturated carbocycles. The van der Waals surface area contributed by atoms with E-state index in [2.05, 4.69) is 10.6 Å². The molecule has 0 bridgehead atoms. The van der Waals surface area contributed by atoms with Crippen LogP contribution in [-0.4, -0.2) is 6.03 Å². The van der Waals surface area contributed by atoms with Crippen molar-refractivity contribution in [3.05, 3.63) is 59.9 Å². The fourth-order valence-electron chi connectivity index (χ4n) is 1.60. The summed E-state index contributed by atoms with van der Waals surface area (Å²) >= 11 is 0. The van der Waals surface area contributed by atoms with Gasteiger partial charge >= 0.3 is 12.2 Å². The molecule has 2 rings (SSSR count). The van der Waals surface area contributed by atoms with Crippen LogP contribution in [0.3, 0.4) is 0 Å². The molecule has 0 heterocycles. The third-order valence-electron chi connectivity index (χ3n) is 2.55. The number of hydrogen-bond donors (Lipinski definition) is 2. The highest BCUT2D eigenvalue weighted by Gasteiger charge is 2.30. The van der Waals surface area contributed by atoms with Crippen LogP contribution >= 0.6 is 0 Å². The number of anilines is 2. The first kappa shape index (κ1) is 14.8. The molecular formula is C14H10F4N2O. The molecule has 2 N–H and O–H groups in total. The molecule has 2 amide bonds. The first-order valence-electron chi connectivity index (χ1n) is 5.85. The van der Waals surface area contributed by atoms with Crippen LogP contribution < -0.4 is 10.6 Å². The Bertz CT molecular complexity index is 638. The molecule has 2 aromatic rings. The van der Waals surface area contributed by atoms with Crippen molar-refractivity contribution in [1.29, 1.82) is 0 Å². The normalized spacial score (nSPS) is 11.0. The van der Waals surface area contributed by atoms with Crippen molar-refractivity contribution in [2.24, 2.45) is 0 Å². The molecule has 0 atom stereocenters. The third-order valence-corrected chi connectivity index (χ3v) is 2.55. The zero-order valence-electron chi connectivity index (χ0n) is 10.5. The first-order chi connectivity index (χ1) is 9.84. The van der Waals surface area contributed by atoms with Gasteiger partial charge in [-0.3, -0.25) is 0 Å². The number of amides is 2. The van der Waals surface area contributed by atoms with Crippen LogP contribution in [0.25, 0.3) is 0 Å². The summed E-state index contributed by atoms with van der Waals surface area (Å²) in [6.45, 7) is 0. The number of halogens is 4. The fraction of sp³-hybridized carbons (Fsp3) is 0.0714. The van der Waals surface area contributed by atoms with Gasteiger partial charge < -0.3 is 10.6 Å². The van der Waals surface area contributed by atoms with Gasteiger partial charge in [-0.15, -0.1) is 0 Å². The van der Waals surface area contributed by atoms with Gasteiger partial charge in [-0.25, -0.2) is 9.18 Å². The summed E-state index contributed by atoms with van der Waals surface area (Å²) in [5, 5.41) is 4.65. The van der Waals surface area contributed by atoms with Gasteiger partial charge in [0.25, 0.3) is 0 Å².